The molecule has 0 saturated carbocycles. The summed E-state index contributed by atoms with van der Waals surface area (Å²) < 4.78 is 5.18. The fourth-order valence-electron chi connectivity index (χ4n) is 2.39. The number of nitrogens with zero attached hydrogens (tertiary/aromatic N) is 1. The van der Waals surface area contributed by atoms with E-state index >= 15 is 0 Å². The standard InChI is InChI=1S/C18H24N2O/c1-20(14-17-7-9-18(21-2)10-8-17)13-16-5-3-15(4-6-16)11-12-19/h3-10H,11-14,19H2,1-2H3. The fourth-order valence-corrected chi connectivity index (χ4v) is 2.39. The van der Waals surface area contributed by atoms with E-state index in [1.165, 1.54) is 16.7 Å². The molecule has 0 amide bonds. The highest BCUT2D eigenvalue weighted by Gasteiger charge is 2.03. The van der Waals surface area contributed by atoms with Gasteiger partial charge in [-0.15, -0.1) is 0 Å². The van der Waals surface area contributed by atoms with Gasteiger partial charge in [-0.25, -0.2) is 0 Å². The maximum atomic E-state index is 5.57. The van der Waals surface area contributed by atoms with Crippen LogP contribution in [0.5, 0.6) is 5.75 Å². The minimum atomic E-state index is 0.705. The monoisotopic (exact) mass is 284 g/mol. The summed E-state index contributed by atoms with van der Waals surface area (Å²) in [6.45, 7) is 2.57. The van der Waals surface area contributed by atoms with Gasteiger partial charge in [0.15, 0.2) is 0 Å². The Hall–Kier alpha value is -1.84. The zero-order chi connectivity index (χ0) is 15.1. The predicted octanol–water partition coefficient (Wildman–Crippen LogP) is 2.83. The molecular weight excluding hydrogens is 260 g/mol. The van der Waals surface area contributed by atoms with Gasteiger partial charge in [-0.3, -0.25) is 4.90 Å². The molecule has 0 heterocycles. The molecule has 3 nitrogen and oxygen atoms in total. The van der Waals surface area contributed by atoms with Crippen LogP contribution < -0.4 is 10.5 Å². The van der Waals surface area contributed by atoms with Crippen molar-refractivity contribution in [2.24, 2.45) is 5.73 Å². The van der Waals surface area contributed by atoms with Crippen LogP contribution in [-0.2, 0) is 19.5 Å². The lowest BCUT2D eigenvalue weighted by molar-refractivity contribution is 0.319. The van der Waals surface area contributed by atoms with E-state index in [1.54, 1.807) is 7.11 Å². The van der Waals surface area contributed by atoms with Crippen LogP contribution in [0.3, 0.4) is 0 Å². The molecule has 0 aliphatic heterocycles. The summed E-state index contributed by atoms with van der Waals surface area (Å²) in [7, 11) is 3.83. The summed E-state index contributed by atoms with van der Waals surface area (Å²) in [5.74, 6) is 0.900. The lowest BCUT2D eigenvalue weighted by Crippen LogP contribution is -2.17. The van der Waals surface area contributed by atoms with Crippen LogP contribution in [0.25, 0.3) is 0 Å². The Kier molecular flexibility index (Phi) is 5.78. The van der Waals surface area contributed by atoms with Gasteiger partial charge >= 0.3 is 0 Å². The second-order valence-electron chi connectivity index (χ2n) is 5.38. The second kappa shape index (κ2) is 7.81. The Morgan fingerprint density at radius 2 is 1.33 bits per heavy atom. The van der Waals surface area contributed by atoms with Gasteiger partial charge in [-0.05, 0) is 48.8 Å². The van der Waals surface area contributed by atoms with E-state index in [0.29, 0.717) is 6.54 Å². The summed E-state index contributed by atoms with van der Waals surface area (Å²) >= 11 is 0. The molecule has 21 heavy (non-hydrogen) atoms. The molecule has 0 unspecified atom stereocenters. The Labute approximate surface area is 127 Å². The normalized spacial score (nSPS) is 10.9. The lowest BCUT2D eigenvalue weighted by Gasteiger charge is -2.17. The molecule has 0 aliphatic rings. The molecule has 0 aliphatic carbocycles. The van der Waals surface area contributed by atoms with E-state index in [2.05, 4.69) is 48.3 Å². The van der Waals surface area contributed by atoms with Crippen molar-refractivity contribution in [3.8, 4) is 5.75 Å². The van der Waals surface area contributed by atoms with Crippen LogP contribution in [-0.4, -0.2) is 25.6 Å². The summed E-state index contributed by atoms with van der Waals surface area (Å²) in [5, 5.41) is 0. The van der Waals surface area contributed by atoms with Gasteiger partial charge in [0.2, 0.25) is 0 Å². The van der Waals surface area contributed by atoms with Gasteiger partial charge in [-0.1, -0.05) is 36.4 Å². The predicted molar refractivity (Wildman–Crippen MR) is 87.4 cm³/mol. The molecule has 2 N–H and O–H groups in total. The molecule has 0 spiro atoms. The topological polar surface area (TPSA) is 38.5 Å². The number of hydrogen-bond acceptors (Lipinski definition) is 3. The molecule has 0 radical (unpaired) electrons. The molecule has 3 heteroatoms. The van der Waals surface area contributed by atoms with Crippen molar-refractivity contribution in [2.45, 2.75) is 19.5 Å². The molecule has 0 saturated heterocycles. The molecule has 0 atom stereocenters. The molecule has 2 rings (SSSR count). The first-order valence-corrected chi connectivity index (χ1v) is 7.30. The van der Waals surface area contributed by atoms with E-state index in [9.17, 15) is 0 Å². The van der Waals surface area contributed by atoms with E-state index < -0.39 is 0 Å². The van der Waals surface area contributed by atoms with E-state index in [4.69, 9.17) is 10.5 Å². The molecule has 0 fully saturated rings. The Morgan fingerprint density at radius 1 is 0.857 bits per heavy atom. The van der Waals surface area contributed by atoms with Crippen LogP contribution in [0.15, 0.2) is 48.5 Å². The Morgan fingerprint density at radius 3 is 1.81 bits per heavy atom. The second-order valence-corrected chi connectivity index (χ2v) is 5.38. The zero-order valence-corrected chi connectivity index (χ0v) is 12.9. The number of benzene rings is 2. The van der Waals surface area contributed by atoms with Crippen molar-refractivity contribution in [3.05, 3.63) is 65.2 Å². The van der Waals surface area contributed by atoms with Crippen molar-refractivity contribution in [3.63, 3.8) is 0 Å². The molecule has 112 valence electrons. The van der Waals surface area contributed by atoms with Crippen molar-refractivity contribution in [1.82, 2.24) is 4.90 Å². The Bertz CT molecular complexity index is 534. The molecular formula is C18H24N2O. The molecule has 0 aromatic heterocycles. The highest BCUT2D eigenvalue weighted by molar-refractivity contribution is 5.27. The zero-order valence-electron chi connectivity index (χ0n) is 12.9. The summed E-state index contributed by atoms with van der Waals surface area (Å²) in [6, 6.07) is 17.0. The van der Waals surface area contributed by atoms with Crippen molar-refractivity contribution >= 4 is 0 Å². The summed E-state index contributed by atoms with van der Waals surface area (Å²) in [5.41, 5.74) is 9.49. The average Bonchev–Trinajstić information content (AvgIpc) is 2.50. The maximum absolute atomic E-state index is 5.57. The van der Waals surface area contributed by atoms with E-state index in [1.807, 2.05) is 12.1 Å². The first kappa shape index (κ1) is 15.5. The van der Waals surface area contributed by atoms with Crippen LogP contribution in [0.4, 0.5) is 0 Å². The van der Waals surface area contributed by atoms with Crippen molar-refractivity contribution in [1.29, 1.82) is 0 Å². The smallest absolute Gasteiger partial charge is 0.118 e. The van der Waals surface area contributed by atoms with Gasteiger partial charge in [-0.2, -0.15) is 0 Å². The molecule has 2 aromatic carbocycles. The third-order valence-electron chi connectivity index (χ3n) is 3.52. The van der Waals surface area contributed by atoms with Crippen LogP contribution in [0.1, 0.15) is 16.7 Å². The Balaban J connectivity index is 1.89. The fraction of sp³-hybridized carbons (Fsp3) is 0.333. The molecule has 2 aromatic rings. The number of nitrogens with two attached hydrogens (primary N) is 1. The number of rotatable bonds is 7. The van der Waals surface area contributed by atoms with Gasteiger partial charge < -0.3 is 10.5 Å². The highest BCUT2D eigenvalue weighted by atomic mass is 16.5. The average molecular weight is 284 g/mol. The SMILES string of the molecule is COc1ccc(CN(C)Cc2ccc(CCN)cc2)cc1. The van der Waals surface area contributed by atoms with Crippen LogP contribution >= 0.6 is 0 Å². The first-order chi connectivity index (χ1) is 10.2. The number of methoxy groups -OCH3 is 1. The maximum Gasteiger partial charge on any atom is 0.118 e. The summed E-state index contributed by atoms with van der Waals surface area (Å²) in [4.78, 5) is 2.31. The largest absolute Gasteiger partial charge is 0.497 e. The van der Waals surface area contributed by atoms with Gasteiger partial charge in [0.05, 0.1) is 7.11 Å². The van der Waals surface area contributed by atoms with Crippen LogP contribution in [0, 0.1) is 0 Å². The van der Waals surface area contributed by atoms with E-state index in [0.717, 1.165) is 25.3 Å². The lowest BCUT2D eigenvalue weighted by atomic mass is 10.1. The van der Waals surface area contributed by atoms with Gasteiger partial charge in [0.25, 0.3) is 0 Å². The van der Waals surface area contributed by atoms with Gasteiger partial charge in [0.1, 0.15) is 5.75 Å². The van der Waals surface area contributed by atoms with E-state index in [-0.39, 0.29) is 0 Å². The quantitative estimate of drug-likeness (QED) is 0.849. The van der Waals surface area contributed by atoms with Crippen molar-refractivity contribution < 1.29 is 4.74 Å². The number of hydrogen-bond donors (Lipinski definition) is 1. The molecule has 0 bridgehead atoms. The van der Waals surface area contributed by atoms with Crippen molar-refractivity contribution in [2.75, 3.05) is 20.7 Å². The number of ether oxygens (including phenoxy) is 1. The van der Waals surface area contributed by atoms with Crippen LogP contribution in [0.2, 0.25) is 0 Å². The summed E-state index contributed by atoms with van der Waals surface area (Å²) in [6.07, 6.45) is 0.946. The van der Waals surface area contributed by atoms with Gasteiger partial charge in [0, 0.05) is 13.1 Å². The minimum Gasteiger partial charge on any atom is -0.497 e. The minimum absolute atomic E-state index is 0.705. The third kappa shape index (κ3) is 4.88. The third-order valence-corrected chi connectivity index (χ3v) is 3.52. The highest BCUT2D eigenvalue weighted by Crippen LogP contribution is 2.14. The first-order valence-electron chi connectivity index (χ1n) is 7.30.